The fourth-order valence-corrected chi connectivity index (χ4v) is 3.73. The Balaban J connectivity index is 1.51. The minimum atomic E-state index is -0.0619. The largest absolute Gasteiger partial charge is 0.325 e. The molecule has 0 fully saturated rings. The highest BCUT2D eigenvalue weighted by molar-refractivity contribution is 8.00. The molecule has 2 heterocycles. The van der Waals surface area contributed by atoms with E-state index >= 15 is 0 Å². The SMILES string of the molecule is CCc1ccccc1NC(=O)CSc1ncnc2c1cnn2-c1ccccc1. The highest BCUT2D eigenvalue weighted by Gasteiger charge is 2.13. The molecule has 0 bridgehead atoms. The molecule has 0 spiro atoms. The number of aromatic nitrogens is 4. The Labute approximate surface area is 167 Å². The number of carbonyl (C=O) groups excluding carboxylic acids is 1. The number of hydrogen-bond acceptors (Lipinski definition) is 5. The van der Waals surface area contributed by atoms with Crippen molar-refractivity contribution in [3.05, 3.63) is 72.7 Å². The van der Waals surface area contributed by atoms with Crippen LogP contribution in [0, 0.1) is 0 Å². The van der Waals surface area contributed by atoms with Gasteiger partial charge in [-0.15, -0.1) is 0 Å². The number of carbonyl (C=O) groups is 1. The first kappa shape index (κ1) is 18.2. The number of amides is 1. The van der Waals surface area contributed by atoms with E-state index < -0.39 is 0 Å². The summed E-state index contributed by atoms with van der Waals surface area (Å²) in [6, 6.07) is 17.7. The van der Waals surface area contributed by atoms with Crippen molar-refractivity contribution in [2.75, 3.05) is 11.1 Å². The second-order valence-electron chi connectivity index (χ2n) is 6.16. The number of rotatable bonds is 6. The van der Waals surface area contributed by atoms with Crippen molar-refractivity contribution in [2.45, 2.75) is 18.4 Å². The van der Waals surface area contributed by atoms with Crippen molar-refractivity contribution in [1.82, 2.24) is 19.7 Å². The number of aryl methyl sites for hydroxylation is 1. The zero-order valence-corrected chi connectivity index (χ0v) is 16.2. The smallest absolute Gasteiger partial charge is 0.234 e. The second-order valence-corrected chi connectivity index (χ2v) is 7.12. The Morgan fingerprint density at radius 1 is 1.07 bits per heavy atom. The van der Waals surface area contributed by atoms with Crippen LogP contribution in [-0.2, 0) is 11.2 Å². The summed E-state index contributed by atoms with van der Waals surface area (Å²) >= 11 is 1.38. The van der Waals surface area contributed by atoms with Crippen LogP contribution in [0.2, 0.25) is 0 Å². The second kappa shape index (κ2) is 8.22. The minimum absolute atomic E-state index is 0.0619. The predicted octanol–water partition coefficient (Wildman–Crippen LogP) is 4.11. The maximum absolute atomic E-state index is 12.4. The van der Waals surface area contributed by atoms with Crippen molar-refractivity contribution < 1.29 is 4.79 Å². The number of hydrogen-bond donors (Lipinski definition) is 1. The summed E-state index contributed by atoms with van der Waals surface area (Å²) in [5, 5.41) is 9.00. The first-order valence-electron chi connectivity index (χ1n) is 9.01. The van der Waals surface area contributed by atoms with E-state index in [1.807, 2.05) is 54.6 Å². The molecule has 0 atom stereocenters. The van der Waals surface area contributed by atoms with Crippen molar-refractivity contribution >= 4 is 34.4 Å². The molecule has 1 N–H and O–H groups in total. The summed E-state index contributed by atoms with van der Waals surface area (Å²) in [7, 11) is 0. The molecule has 0 saturated heterocycles. The molecule has 4 aromatic rings. The van der Waals surface area contributed by atoms with Crippen LogP contribution in [0.25, 0.3) is 16.7 Å². The van der Waals surface area contributed by atoms with E-state index in [2.05, 4.69) is 27.3 Å². The van der Waals surface area contributed by atoms with Crippen molar-refractivity contribution in [2.24, 2.45) is 0 Å². The standard InChI is InChI=1S/C21H19N5OS/c1-2-15-8-6-7-11-18(15)25-19(27)13-28-21-17-12-24-26(20(17)22-14-23-21)16-9-4-3-5-10-16/h3-12,14H,2,13H2,1H3,(H,25,27). The van der Waals surface area contributed by atoms with E-state index in [0.29, 0.717) is 0 Å². The van der Waals surface area contributed by atoms with Gasteiger partial charge in [0.1, 0.15) is 11.4 Å². The molecule has 140 valence electrons. The maximum atomic E-state index is 12.4. The van der Waals surface area contributed by atoms with Crippen LogP contribution in [0.4, 0.5) is 5.69 Å². The maximum Gasteiger partial charge on any atom is 0.234 e. The Morgan fingerprint density at radius 2 is 1.86 bits per heavy atom. The third kappa shape index (κ3) is 3.75. The molecule has 28 heavy (non-hydrogen) atoms. The average Bonchev–Trinajstić information content (AvgIpc) is 3.18. The van der Waals surface area contributed by atoms with Gasteiger partial charge in [-0.2, -0.15) is 5.10 Å². The van der Waals surface area contributed by atoms with Gasteiger partial charge in [0.15, 0.2) is 5.65 Å². The van der Waals surface area contributed by atoms with E-state index in [9.17, 15) is 4.79 Å². The molecule has 0 aliphatic carbocycles. The van der Waals surface area contributed by atoms with Crippen molar-refractivity contribution in [1.29, 1.82) is 0 Å². The molecule has 0 radical (unpaired) electrons. The molecule has 4 rings (SSSR count). The number of para-hydroxylation sites is 2. The Hall–Kier alpha value is -3.19. The lowest BCUT2D eigenvalue weighted by Crippen LogP contribution is -2.15. The first-order valence-corrected chi connectivity index (χ1v) is 9.99. The van der Waals surface area contributed by atoms with E-state index in [4.69, 9.17) is 0 Å². The summed E-state index contributed by atoms with van der Waals surface area (Å²) in [5.74, 6) is 0.203. The molecule has 0 aliphatic heterocycles. The van der Waals surface area contributed by atoms with Gasteiger partial charge in [-0.05, 0) is 30.2 Å². The van der Waals surface area contributed by atoms with Crippen LogP contribution in [-0.4, -0.2) is 31.4 Å². The molecule has 2 aromatic carbocycles. The number of nitrogens with zero attached hydrogens (tertiary/aromatic N) is 4. The number of benzene rings is 2. The summed E-state index contributed by atoms with van der Waals surface area (Å²) in [5.41, 5.74) is 3.64. The minimum Gasteiger partial charge on any atom is -0.325 e. The summed E-state index contributed by atoms with van der Waals surface area (Å²) in [6.07, 6.45) is 4.12. The van der Waals surface area contributed by atoms with E-state index in [-0.39, 0.29) is 11.7 Å². The summed E-state index contributed by atoms with van der Waals surface area (Å²) in [6.45, 7) is 2.07. The number of anilines is 1. The van der Waals surface area contributed by atoms with Crippen LogP contribution in [0.15, 0.2) is 72.1 Å². The molecular weight excluding hydrogens is 370 g/mol. The van der Waals surface area contributed by atoms with Gasteiger partial charge in [0.25, 0.3) is 0 Å². The van der Waals surface area contributed by atoms with Gasteiger partial charge >= 0.3 is 0 Å². The Kier molecular flexibility index (Phi) is 5.34. The van der Waals surface area contributed by atoms with Crippen LogP contribution in [0.5, 0.6) is 0 Å². The third-order valence-corrected chi connectivity index (χ3v) is 5.35. The molecule has 1 amide bonds. The first-order chi connectivity index (χ1) is 13.8. The molecule has 0 aliphatic rings. The fraction of sp³-hybridized carbons (Fsp3) is 0.143. The molecule has 0 unspecified atom stereocenters. The van der Waals surface area contributed by atoms with Crippen LogP contribution in [0.1, 0.15) is 12.5 Å². The van der Waals surface area contributed by atoms with Crippen molar-refractivity contribution in [3.63, 3.8) is 0 Å². The van der Waals surface area contributed by atoms with Crippen LogP contribution < -0.4 is 5.32 Å². The number of nitrogens with one attached hydrogen (secondary N) is 1. The lowest BCUT2D eigenvalue weighted by Gasteiger charge is -2.09. The van der Waals surface area contributed by atoms with Gasteiger partial charge in [0.05, 0.1) is 23.0 Å². The van der Waals surface area contributed by atoms with Gasteiger partial charge < -0.3 is 5.32 Å². The van der Waals surface area contributed by atoms with Crippen LogP contribution in [0.3, 0.4) is 0 Å². The summed E-state index contributed by atoms with van der Waals surface area (Å²) < 4.78 is 1.78. The zero-order chi connectivity index (χ0) is 19.3. The lowest BCUT2D eigenvalue weighted by molar-refractivity contribution is -0.113. The molecular formula is C21H19N5OS. The predicted molar refractivity (Wildman–Crippen MR) is 112 cm³/mol. The monoisotopic (exact) mass is 389 g/mol. The molecule has 7 heteroatoms. The Bertz CT molecular complexity index is 1110. The van der Waals surface area contributed by atoms with Crippen molar-refractivity contribution in [3.8, 4) is 5.69 Å². The van der Waals surface area contributed by atoms with Gasteiger partial charge in [0.2, 0.25) is 5.91 Å². The topological polar surface area (TPSA) is 72.7 Å². The highest BCUT2D eigenvalue weighted by Crippen LogP contribution is 2.26. The van der Waals surface area contributed by atoms with Gasteiger partial charge in [-0.25, -0.2) is 14.6 Å². The van der Waals surface area contributed by atoms with Crippen LogP contribution >= 0.6 is 11.8 Å². The number of thioether (sulfide) groups is 1. The van der Waals surface area contributed by atoms with E-state index in [0.717, 1.165) is 39.4 Å². The number of fused-ring (bicyclic) bond motifs is 1. The highest BCUT2D eigenvalue weighted by atomic mass is 32.2. The Morgan fingerprint density at radius 3 is 2.68 bits per heavy atom. The molecule has 0 saturated carbocycles. The fourth-order valence-electron chi connectivity index (χ4n) is 2.97. The van der Waals surface area contributed by atoms with Gasteiger partial charge in [-0.1, -0.05) is 55.1 Å². The van der Waals surface area contributed by atoms with E-state index in [1.165, 1.54) is 18.1 Å². The lowest BCUT2D eigenvalue weighted by atomic mass is 10.1. The zero-order valence-electron chi connectivity index (χ0n) is 15.4. The normalized spacial score (nSPS) is 10.9. The third-order valence-electron chi connectivity index (χ3n) is 4.34. The average molecular weight is 389 g/mol. The van der Waals surface area contributed by atoms with Gasteiger partial charge in [-0.3, -0.25) is 4.79 Å². The quantitative estimate of drug-likeness (QED) is 0.397. The molecule has 2 aromatic heterocycles. The van der Waals surface area contributed by atoms with Gasteiger partial charge in [0, 0.05) is 5.69 Å². The summed E-state index contributed by atoms with van der Waals surface area (Å²) in [4.78, 5) is 21.1. The van der Waals surface area contributed by atoms with E-state index in [1.54, 1.807) is 10.9 Å². The molecule has 6 nitrogen and oxygen atoms in total.